The second-order valence-corrected chi connectivity index (χ2v) is 13.4. The first-order chi connectivity index (χ1) is 14.3. The van der Waals surface area contributed by atoms with Crippen molar-refractivity contribution >= 4 is 21.0 Å². The SMILES string of the molecule is CCC1=C(C(C)(C)C)C(=O)C(C(C)(C)C(CC)CC)=C(CC)C1=C(P(=O)(O)O)P(=O)(O)O. The summed E-state index contributed by atoms with van der Waals surface area (Å²) in [6.07, 6.45) is 1.99. The van der Waals surface area contributed by atoms with Crippen molar-refractivity contribution in [1.82, 2.24) is 0 Å². The van der Waals surface area contributed by atoms with E-state index in [1.165, 1.54) is 0 Å². The van der Waals surface area contributed by atoms with Crippen LogP contribution >= 0.6 is 15.2 Å². The first kappa shape index (κ1) is 29.2. The molecule has 0 unspecified atom stereocenters. The molecule has 1 aliphatic carbocycles. The van der Waals surface area contributed by atoms with Crippen LogP contribution in [0.15, 0.2) is 32.9 Å². The Morgan fingerprint density at radius 3 is 1.44 bits per heavy atom. The molecule has 0 saturated carbocycles. The minimum absolute atomic E-state index is 0.0993. The van der Waals surface area contributed by atoms with Crippen LogP contribution in [0.25, 0.3) is 0 Å². The predicted molar refractivity (Wildman–Crippen MR) is 128 cm³/mol. The zero-order chi connectivity index (χ0) is 25.4. The highest BCUT2D eigenvalue weighted by atomic mass is 31.2. The van der Waals surface area contributed by atoms with Crippen molar-refractivity contribution in [2.45, 2.75) is 88.0 Å². The molecule has 0 aromatic carbocycles. The minimum Gasteiger partial charge on any atom is -0.321 e. The summed E-state index contributed by atoms with van der Waals surface area (Å²) >= 11 is 0. The van der Waals surface area contributed by atoms with Crippen molar-refractivity contribution in [3.05, 3.63) is 32.9 Å². The average Bonchev–Trinajstić information content (AvgIpc) is 2.58. The van der Waals surface area contributed by atoms with E-state index in [-0.39, 0.29) is 30.1 Å². The maximum Gasteiger partial charge on any atom is 0.365 e. The number of hydrogen-bond acceptors (Lipinski definition) is 3. The van der Waals surface area contributed by atoms with Gasteiger partial charge in [0.1, 0.15) is 0 Å². The number of rotatable bonds is 8. The lowest BCUT2D eigenvalue weighted by Gasteiger charge is -2.42. The molecular weight excluding hydrogens is 450 g/mol. The van der Waals surface area contributed by atoms with Crippen LogP contribution in [-0.2, 0) is 13.9 Å². The summed E-state index contributed by atoms with van der Waals surface area (Å²) in [5.74, 6) is -0.0927. The third kappa shape index (κ3) is 5.46. The highest BCUT2D eigenvalue weighted by Crippen LogP contribution is 2.68. The summed E-state index contributed by atoms with van der Waals surface area (Å²) in [5, 5.41) is -1.18. The molecule has 0 aromatic heterocycles. The van der Waals surface area contributed by atoms with Gasteiger partial charge in [-0.2, -0.15) is 0 Å². The molecular formula is C23H40O7P2. The fourth-order valence-corrected chi connectivity index (χ4v) is 7.74. The quantitative estimate of drug-likeness (QED) is 0.304. The van der Waals surface area contributed by atoms with Gasteiger partial charge in [-0.25, -0.2) is 0 Å². The van der Waals surface area contributed by atoms with E-state index < -0.39 is 31.1 Å². The van der Waals surface area contributed by atoms with Crippen LogP contribution in [0, 0.1) is 16.7 Å². The Labute approximate surface area is 192 Å². The van der Waals surface area contributed by atoms with Gasteiger partial charge in [-0.1, -0.05) is 75.2 Å². The number of Topliss-reactive ketones (excluding diaryl/α,β-unsaturated/α-hetero) is 1. The maximum absolute atomic E-state index is 14.0. The Morgan fingerprint density at radius 1 is 0.781 bits per heavy atom. The second kappa shape index (κ2) is 9.82. The number of carbonyl (C=O) groups is 1. The molecule has 0 aliphatic heterocycles. The van der Waals surface area contributed by atoms with Crippen molar-refractivity contribution in [3.8, 4) is 0 Å². The first-order valence-electron chi connectivity index (χ1n) is 11.2. The van der Waals surface area contributed by atoms with Crippen LogP contribution in [-0.4, -0.2) is 25.4 Å². The van der Waals surface area contributed by atoms with E-state index >= 15 is 0 Å². The molecule has 0 radical (unpaired) electrons. The third-order valence-corrected chi connectivity index (χ3v) is 9.66. The van der Waals surface area contributed by atoms with Gasteiger partial charge in [0.15, 0.2) is 10.8 Å². The van der Waals surface area contributed by atoms with Crippen molar-refractivity contribution in [3.63, 3.8) is 0 Å². The topological polar surface area (TPSA) is 132 Å². The molecule has 0 spiro atoms. The fourth-order valence-electron chi connectivity index (χ4n) is 5.26. The predicted octanol–water partition coefficient (Wildman–Crippen LogP) is 6.06. The Hall–Kier alpha value is -0.810. The summed E-state index contributed by atoms with van der Waals surface area (Å²) < 4.78 is 24.9. The van der Waals surface area contributed by atoms with Gasteiger partial charge in [0.2, 0.25) is 0 Å². The lowest BCUT2D eigenvalue weighted by Crippen LogP contribution is -2.37. The smallest absolute Gasteiger partial charge is 0.321 e. The molecule has 0 heterocycles. The summed E-state index contributed by atoms with van der Waals surface area (Å²) in [4.78, 5) is 54.3. The van der Waals surface area contributed by atoms with Gasteiger partial charge in [-0.05, 0) is 40.7 Å². The van der Waals surface area contributed by atoms with Crippen LogP contribution in [0.5, 0.6) is 0 Å². The van der Waals surface area contributed by atoms with E-state index in [4.69, 9.17) is 0 Å². The molecule has 32 heavy (non-hydrogen) atoms. The number of allylic oxidation sites excluding steroid dienone is 5. The van der Waals surface area contributed by atoms with E-state index in [0.717, 1.165) is 12.8 Å². The Balaban J connectivity index is 4.50. The van der Waals surface area contributed by atoms with Gasteiger partial charge >= 0.3 is 15.2 Å². The first-order valence-corrected chi connectivity index (χ1v) is 14.4. The van der Waals surface area contributed by atoms with Gasteiger partial charge in [-0.15, -0.1) is 0 Å². The Kier molecular flexibility index (Phi) is 8.96. The molecule has 1 rings (SSSR count). The minimum atomic E-state index is -5.35. The summed E-state index contributed by atoms with van der Waals surface area (Å²) in [6.45, 7) is 16.9. The molecule has 0 fully saturated rings. The van der Waals surface area contributed by atoms with Crippen LogP contribution in [0.4, 0.5) is 0 Å². The molecule has 184 valence electrons. The van der Waals surface area contributed by atoms with Crippen LogP contribution < -0.4 is 0 Å². The van der Waals surface area contributed by atoms with E-state index in [9.17, 15) is 33.5 Å². The van der Waals surface area contributed by atoms with Crippen LogP contribution in [0.2, 0.25) is 0 Å². The molecule has 7 nitrogen and oxygen atoms in total. The van der Waals surface area contributed by atoms with Crippen molar-refractivity contribution < 1.29 is 33.5 Å². The number of ketones is 1. The number of hydrogen-bond donors (Lipinski definition) is 4. The molecule has 0 bridgehead atoms. The lowest BCUT2D eigenvalue weighted by atomic mass is 9.61. The van der Waals surface area contributed by atoms with E-state index in [2.05, 4.69) is 0 Å². The Bertz CT molecular complexity index is 921. The van der Waals surface area contributed by atoms with Crippen molar-refractivity contribution in [2.24, 2.45) is 16.7 Å². The number of carbonyl (C=O) groups excluding carboxylic acids is 1. The van der Waals surface area contributed by atoms with Crippen LogP contribution in [0.1, 0.15) is 88.0 Å². The van der Waals surface area contributed by atoms with Gasteiger partial charge < -0.3 is 19.6 Å². The average molecular weight is 491 g/mol. The highest BCUT2D eigenvalue weighted by molar-refractivity contribution is 7.77. The fraction of sp³-hybridized carbons (Fsp3) is 0.696. The highest BCUT2D eigenvalue weighted by Gasteiger charge is 2.48. The molecule has 9 heteroatoms. The largest absolute Gasteiger partial charge is 0.365 e. The zero-order valence-electron chi connectivity index (χ0n) is 20.8. The summed E-state index contributed by atoms with van der Waals surface area (Å²) in [6, 6.07) is 0. The van der Waals surface area contributed by atoms with Crippen LogP contribution in [0.3, 0.4) is 0 Å². The molecule has 0 atom stereocenters. The second-order valence-electron chi connectivity index (χ2n) is 10.0. The molecule has 1 aliphatic rings. The molecule has 0 amide bonds. The zero-order valence-corrected chi connectivity index (χ0v) is 22.6. The Morgan fingerprint density at radius 2 is 1.16 bits per heavy atom. The van der Waals surface area contributed by atoms with Gasteiger partial charge in [0.25, 0.3) is 0 Å². The monoisotopic (exact) mass is 490 g/mol. The van der Waals surface area contributed by atoms with Gasteiger partial charge in [0, 0.05) is 16.7 Å². The van der Waals surface area contributed by atoms with Crippen molar-refractivity contribution in [2.75, 3.05) is 0 Å². The summed E-state index contributed by atoms with van der Waals surface area (Å²) in [5.41, 5.74) is -0.0662. The van der Waals surface area contributed by atoms with Gasteiger partial charge in [-0.3, -0.25) is 13.9 Å². The molecule has 4 N–H and O–H groups in total. The summed E-state index contributed by atoms with van der Waals surface area (Å²) in [7, 11) is -10.7. The van der Waals surface area contributed by atoms with E-state index in [0.29, 0.717) is 22.3 Å². The van der Waals surface area contributed by atoms with Gasteiger partial charge in [0.05, 0.1) is 0 Å². The van der Waals surface area contributed by atoms with E-state index in [1.807, 2.05) is 48.5 Å². The molecule has 0 aromatic rings. The third-order valence-electron chi connectivity index (χ3n) is 6.54. The normalized spacial score (nSPS) is 17.1. The maximum atomic E-state index is 14.0. The van der Waals surface area contributed by atoms with E-state index in [1.54, 1.807) is 13.8 Å². The lowest BCUT2D eigenvalue weighted by molar-refractivity contribution is -0.114. The standard InChI is InChI=1S/C23H40O7P2/c1-10-14(11-2)23(8,9)19-16(13-4)17(21(31(25,26)27)32(28,29)30)15(12-3)18(20(19)24)22(5,6)7/h14H,10-13H2,1-9H3,(H2,25,26,27)(H2,28,29,30). The molecule has 0 saturated heterocycles. The van der Waals surface area contributed by atoms with Crippen molar-refractivity contribution in [1.29, 1.82) is 0 Å².